The molecule has 164 valence electrons. The van der Waals surface area contributed by atoms with Crippen molar-refractivity contribution in [2.24, 2.45) is 0 Å². The molecule has 3 rings (SSSR count). The van der Waals surface area contributed by atoms with Crippen molar-refractivity contribution in [3.8, 4) is 5.75 Å². The molecule has 0 saturated carbocycles. The Hall–Kier alpha value is -2.61. The van der Waals surface area contributed by atoms with Crippen LogP contribution in [0.2, 0.25) is 5.02 Å². The number of hydrogen-bond donors (Lipinski definition) is 1. The standard InChI is InChI=1S/C23H25ClN2O4S/c1-16-6-8-19(9-7-16)15-30-23-12-21(24)17(2)11-22(23)26(14-18(3)27)31(28,29)20-5-4-10-25-13-20/h4-13,18,27H,14-15H2,1-3H3. The molecule has 0 amide bonds. The van der Waals surface area contributed by atoms with Gasteiger partial charge in [0.2, 0.25) is 0 Å². The van der Waals surface area contributed by atoms with Crippen LogP contribution in [-0.4, -0.2) is 31.2 Å². The Balaban J connectivity index is 2.05. The number of sulfonamides is 1. The molecule has 31 heavy (non-hydrogen) atoms. The first-order valence-electron chi connectivity index (χ1n) is 9.78. The second kappa shape index (κ2) is 9.68. The highest BCUT2D eigenvalue weighted by molar-refractivity contribution is 7.92. The normalized spacial score (nSPS) is 12.4. The summed E-state index contributed by atoms with van der Waals surface area (Å²) < 4.78 is 34.0. The predicted molar refractivity (Wildman–Crippen MR) is 122 cm³/mol. The van der Waals surface area contributed by atoms with Gasteiger partial charge in [-0.05, 0) is 50.1 Å². The van der Waals surface area contributed by atoms with E-state index in [1.807, 2.05) is 31.2 Å². The number of pyridine rings is 1. The lowest BCUT2D eigenvalue weighted by atomic mass is 10.1. The van der Waals surface area contributed by atoms with E-state index in [2.05, 4.69) is 4.98 Å². The van der Waals surface area contributed by atoms with E-state index in [-0.39, 0.29) is 18.0 Å². The number of aryl methyl sites for hydroxylation is 2. The van der Waals surface area contributed by atoms with Crippen molar-refractivity contribution in [3.63, 3.8) is 0 Å². The first-order chi connectivity index (χ1) is 14.7. The molecule has 0 fully saturated rings. The Kier molecular flexibility index (Phi) is 7.20. The first kappa shape index (κ1) is 23.1. The summed E-state index contributed by atoms with van der Waals surface area (Å²) in [6, 6.07) is 14.1. The van der Waals surface area contributed by atoms with Crippen LogP contribution in [0.5, 0.6) is 5.75 Å². The zero-order valence-corrected chi connectivity index (χ0v) is 19.2. The largest absolute Gasteiger partial charge is 0.487 e. The second-order valence-electron chi connectivity index (χ2n) is 7.42. The van der Waals surface area contributed by atoms with Crippen LogP contribution in [0.1, 0.15) is 23.6 Å². The topological polar surface area (TPSA) is 79.7 Å². The lowest BCUT2D eigenvalue weighted by Gasteiger charge is -2.28. The summed E-state index contributed by atoms with van der Waals surface area (Å²) in [5, 5.41) is 10.5. The quantitative estimate of drug-likeness (QED) is 0.535. The fourth-order valence-electron chi connectivity index (χ4n) is 3.00. The molecule has 1 N–H and O–H groups in total. The summed E-state index contributed by atoms with van der Waals surface area (Å²) in [4.78, 5) is 3.94. The number of hydrogen-bond acceptors (Lipinski definition) is 5. The number of ether oxygens (including phenoxy) is 1. The van der Waals surface area contributed by atoms with Crippen molar-refractivity contribution in [1.29, 1.82) is 0 Å². The van der Waals surface area contributed by atoms with Crippen LogP contribution in [0.3, 0.4) is 0 Å². The Labute approximate surface area is 188 Å². The number of halogens is 1. The van der Waals surface area contributed by atoms with Crippen molar-refractivity contribution < 1.29 is 18.3 Å². The first-order valence-corrected chi connectivity index (χ1v) is 11.6. The van der Waals surface area contributed by atoms with Crippen LogP contribution in [0.4, 0.5) is 5.69 Å². The van der Waals surface area contributed by atoms with E-state index >= 15 is 0 Å². The van der Waals surface area contributed by atoms with Gasteiger partial charge in [-0.2, -0.15) is 0 Å². The molecular weight excluding hydrogens is 436 g/mol. The highest BCUT2D eigenvalue weighted by Crippen LogP contribution is 2.37. The van der Waals surface area contributed by atoms with Gasteiger partial charge in [-0.3, -0.25) is 9.29 Å². The molecule has 0 aliphatic heterocycles. The molecule has 0 aliphatic carbocycles. The monoisotopic (exact) mass is 460 g/mol. The maximum absolute atomic E-state index is 13.4. The van der Waals surface area contributed by atoms with E-state index in [1.54, 1.807) is 25.1 Å². The minimum absolute atomic E-state index is 0.0211. The van der Waals surface area contributed by atoms with Crippen molar-refractivity contribution >= 4 is 27.3 Å². The molecule has 1 unspecified atom stereocenters. The van der Waals surface area contributed by atoms with Gasteiger partial charge >= 0.3 is 0 Å². The molecule has 3 aromatic rings. The molecule has 0 bridgehead atoms. The Morgan fingerprint density at radius 3 is 2.48 bits per heavy atom. The van der Waals surface area contributed by atoms with Crippen molar-refractivity contribution in [2.75, 3.05) is 10.8 Å². The van der Waals surface area contributed by atoms with E-state index in [1.165, 1.54) is 25.4 Å². The molecule has 1 heterocycles. The number of nitrogens with zero attached hydrogens (tertiary/aromatic N) is 2. The third-order valence-corrected chi connectivity index (χ3v) is 6.85. The van der Waals surface area contributed by atoms with Crippen LogP contribution < -0.4 is 9.04 Å². The SMILES string of the molecule is Cc1ccc(COc2cc(Cl)c(C)cc2N(CC(C)O)S(=O)(=O)c2cccnc2)cc1. The van der Waals surface area contributed by atoms with Crippen molar-refractivity contribution in [2.45, 2.75) is 38.4 Å². The Morgan fingerprint density at radius 2 is 1.87 bits per heavy atom. The van der Waals surface area contributed by atoms with E-state index < -0.39 is 16.1 Å². The third kappa shape index (κ3) is 5.55. The summed E-state index contributed by atoms with van der Waals surface area (Å²) >= 11 is 6.32. The Bertz CT molecular complexity index is 1130. The Morgan fingerprint density at radius 1 is 1.16 bits per heavy atom. The number of aromatic nitrogens is 1. The lowest BCUT2D eigenvalue weighted by molar-refractivity contribution is 0.204. The highest BCUT2D eigenvalue weighted by atomic mass is 35.5. The summed E-state index contributed by atoms with van der Waals surface area (Å²) in [6.45, 7) is 5.40. The van der Waals surface area contributed by atoms with Gasteiger partial charge in [-0.15, -0.1) is 0 Å². The minimum Gasteiger partial charge on any atom is -0.487 e. The van der Waals surface area contributed by atoms with Gasteiger partial charge in [0.25, 0.3) is 10.0 Å². The van der Waals surface area contributed by atoms with Gasteiger partial charge in [0.05, 0.1) is 18.3 Å². The van der Waals surface area contributed by atoms with Gasteiger partial charge in [-0.1, -0.05) is 41.4 Å². The number of aliphatic hydroxyl groups excluding tert-OH is 1. The predicted octanol–water partition coefficient (Wildman–Crippen LogP) is 4.51. The highest BCUT2D eigenvalue weighted by Gasteiger charge is 2.29. The summed E-state index contributed by atoms with van der Waals surface area (Å²) in [5.41, 5.74) is 3.06. The van der Waals surface area contributed by atoms with Crippen molar-refractivity contribution in [1.82, 2.24) is 4.98 Å². The molecule has 0 aliphatic rings. The molecule has 2 aromatic carbocycles. The van der Waals surface area contributed by atoms with E-state index in [9.17, 15) is 13.5 Å². The zero-order valence-electron chi connectivity index (χ0n) is 17.6. The van der Waals surface area contributed by atoms with E-state index in [0.717, 1.165) is 15.4 Å². The number of aliphatic hydroxyl groups is 1. The molecule has 0 spiro atoms. The summed E-state index contributed by atoms with van der Waals surface area (Å²) in [7, 11) is -4.00. The smallest absolute Gasteiger partial charge is 0.266 e. The maximum atomic E-state index is 13.4. The van der Waals surface area contributed by atoms with Gasteiger partial charge in [-0.25, -0.2) is 8.42 Å². The van der Waals surface area contributed by atoms with Crippen LogP contribution in [0.15, 0.2) is 65.8 Å². The molecule has 1 atom stereocenters. The van der Waals surface area contributed by atoms with E-state index in [0.29, 0.717) is 22.0 Å². The third-order valence-electron chi connectivity index (χ3n) is 4.68. The van der Waals surface area contributed by atoms with Gasteiger partial charge < -0.3 is 9.84 Å². The summed E-state index contributed by atoms with van der Waals surface area (Å²) in [6.07, 6.45) is 1.87. The fourth-order valence-corrected chi connectivity index (χ4v) is 4.66. The minimum atomic E-state index is -4.00. The van der Waals surface area contributed by atoms with Gasteiger partial charge in [0, 0.05) is 23.5 Å². The molecule has 8 heteroatoms. The molecule has 1 aromatic heterocycles. The zero-order chi connectivity index (χ0) is 22.6. The number of anilines is 1. The van der Waals surface area contributed by atoms with E-state index in [4.69, 9.17) is 16.3 Å². The number of rotatable bonds is 8. The summed E-state index contributed by atoms with van der Waals surface area (Å²) in [5.74, 6) is 0.310. The maximum Gasteiger partial charge on any atom is 0.266 e. The molecule has 0 radical (unpaired) electrons. The van der Waals surface area contributed by atoms with Gasteiger partial charge in [0.1, 0.15) is 17.3 Å². The molecular formula is C23H25ClN2O4S. The van der Waals surface area contributed by atoms with Gasteiger partial charge in [0.15, 0.2) is 0 Å². The van der Waals surface area contributed by atoms with Crippen LogP contribution in [-0.2, 0) is 16.6 Å². The average molecular weight is 461 g/mol. The number of benzene rings is 2. The van der Waals surface area contributed by atoms with Crippen LogP contribution in [0, 0.1) is 13.8 Å². The lowest BCUT2D eigenvalue weighted by Crippen LogP contribution is -2.37. The second-order valence-corrected chi connectivity index (χ2v) is 9.69. The molecule has 6 nitrogen and oxygen atoms in total. The molecule has 0 saturated heterocycles. The van der Waals surface area contributed by atoms with Crippen LogP contribution in [0.25, 0.3) is 0 Å². The van der Waals surface area contributed by atoms with Crippen molar-refractivity contribution in [3.05, 3.63) is 82.6 Å². The average Bonchev–Trinajstić information content (AvgIpc) is 2.74. The van der Waals surface area contributed by atoms with Crippen LogP contribution >= 0.6 is 11.6 Å². The fraction of sp³-hybridized carbons (Fsp3) is 0.261.